The molecule has 0 saturated carbocycles. The Bertz CT molecular complexity index is 478. The number of hydrogen-bond donors (Lipinski definition) is 1. The number of hydrogen-bond acceptors (Lipinski definition) is 3. The number of halogens is 1. The lowest BCUT2D eigenvalue weighted by Gasteiger charge is -2.15. The average Bonchev–Trinajstić information content (AvgIpc) is 2.87. The highest BCUT2D eigenvalue weighted by Crippen LogP contribution is 2.29. The maximum atomic E-state index is 4.21. The lowest BCUT2D eigenvalue weighted by atomic mass is 10.1. The van der Waals surface area contributed by atoms with Gasteiger partial charge in [-0.15, -0.1) is 11.3 Å². The molecule has 2 aromatic heterocycles. The van der Waals surface area contributed by atoms with Crippen molar-refractivity contribution in [1.29, 1.82) is 0 Å². The molecule has 0 spiro atoms. The number of rotatable bonds is 5. The fourth-order valence-corrected chi connectivity index (χ4v) is 3.35. The lowest BCUT2D eigenvalue weighted by Crippen LogP contribution is -2.21. The van der Waals surface area contributed by atoms with Crippen molar-refractivity contribution in [2.24, 2.45) is 7.05 Å². The van der Waals surface area contributed by atoms with Gasteiger partial charge < -0.3 is 5.32 Å². The van der Waals surface area contributed by atoms with E-state index in [4.69, 9.17) is 0 Å². The maximum Gasteiger partial charge on any atom is 0.0701 e. The van der Waals surface area contributed by atoms with Gasteiger partial charge in [-0.2, -0.15) is 5.10 Å². The molecule has 0 saturated heterocycles. The Balaban J connectivity index is 2.12. The van der Waals surface area contributed by atoms with Crippen molar-refractivity contribution in [2.45, 2.75) is 19.4 Å². The molecule has 5 heteroatoms. The maximum absolute atomic E-state index is 4.21. The molecule has 92 valence electrons. The number of thiophene rings is 1. The number of aryl methyl sites for hydroxylation is 1. The standard InChI is InChI=1S/C12H16BrN3S/c1-3-14-10(11-4-5-12(13)17-11)6-9-7-15-16(2)8-9/h4-5,7-8,10,14H,3,6H2,1-2H3. The molecular weight excluding hydrogens is 298 g/mol. The number of nitrogens with one attached hydrogen (secondary N) is 1. The molecule has 0 aromatic carbocycles. The first kappa shape index (κ1) is 12.8. The number of nitrogens with zero attached hydrogens (tertiary/aromatic N) is 2. The molecule has 2 rings (SSSR count). The zero-order valence-corrected chi connectivity index (χ0v) is 12.4. The van der Waals surface area contributed by atoms with Crippen molar-refractivity contribution in [3.63, 3.8) is 0 Å². The minimum Gasteiger partial charge on any atom is -0.309 e. The van der Waals surface area contributed by atoms with Gasteiger partial charge in [-0.05, 0) is 46.6 Å². The third-order valence-electron chi connectivity index (χ3n) is 2.59. The van der Waals surface area contributed by atoms with Gasteiger partial charge in [0.2, 0.25) is 0 Å². The van der Waals surface area contributed by atoms with Crippen LogP contribution in [0.5, 0.6) is 0 Å². The third kappa shape index (κ3) is 3.40. The fraction of sp³-hybridized carbons (Fsp3) is 0.417. The van der Waals surface area contributed by atoms with Crippen molar-refractivity contribution in [3.8, 4) is 0 Å². The minimum absolute atomic E-state index is 0.375. The van der Waals surface area contributed by atoms with E-state index in [1.165, 1.54) is 14.2 Å². The van der Waals surface area contributed by atoms with Gasteiger partial charge in [0.25, 0.3) is 0 Å². The second kappa shape index (κ2) is 5.80. The largest absolute Gasteiger partial charge is 0.309 e. The van der Waals surface area contributed by atoms with Gasteiger partial charge in [0, 0.05) is 24.2 Å². The fourth-order valence-electron chi connectivity index (χ4n) is 1.85. The van der Waals surface area contributed by atoms with Crippen LogP contribution < -0.4 is 5.32 Å². The van der Waals surface area contributed by atoms with E-state index in [9.17, 15) is 0 Å². The Labute approximate surface area is 114 Å². The summed E-state index contributed by atoms with van der Waals surface area (Å²) in [6, 6.07) is 4.66. The van der Waals surface area contributed by atoms with Gasteiger partial charge in [0.1, 0.15) is 0 Å². The molecular formula is C12H16BrN3S. The second-order valence-corrected chi connectivity index (χ2v) is 6.47. The summed E-state index contributed by atoms with van der Waals surface area (Å²) < 4.78 is 3.03. The summed E-state index contributed by atoms with van der Waals surface area (Å²) in [5, 5.41) is 7.73. The van der Waals surface area contributed by atoms with Crippen LogP contribution in [0.1, 0.15) is 23.4 Å². The summed E-state index contributed by atoms with van der Waals surface area (Å²) in [7, 11) is 1.95. The third-order valence-corrected chi connectivity index (χ3v) is 4.32. The predicted molar refractivity (Wildman–Crippen MR) is 75.3 cm³/mol. The Kier molecular flexibility index (Phi) is 4.36. The van der Waals surface area contributed by atoms with E-state index in [1.807, 2.05) is 17.9 Å². The smallest absolute Gasteiger partial charge is 0.0701 e. The monoisotopic (exact) mass is 313 g/mol. The molecule has 0 bridgehead atoms. The van der Waals surface area contributed by atoms with E-state index in [0.29, 0.717) is 6.04 Å². The van der Waals surface area contributed by atoms with Crippen LogP contribution in [0.15, 0.2) is 28.3 Å². The highest BCUT2D eigenvalue weighted by Gasteiger charge is 2.14. The van der Waals surface area contributed by atoms with Crippen molar-refractivity contribution in [2.75, 3.05) is 6.54 Å². The van der Waals surface area contributed by atoms with Crippen LogP contribution in [0.4, 0.5) is 0 Å². The summed E-state index contributed by atoms with van der Waals surface area (Å²) in [5.74, 6) is 0. The SMILES string of the molecule is CCNC(Cc1cnn(C)c1)c1ccc(Br)s1. The first-order chi connectivity index (χ1) is 8.19. The van der Waals surface area contributed by atoms with E-state index < -0.39 is 0 Å². The minimum atomic E-state index is 0.375. The molecule has 0 radical (unpaired) electrons. The molecule has 1 unspecified atom stereocenters. The lowest BCUT2D eigenvalue weighted by molar-refractivity contribution is 0.558. The molecule has 2 heterocycles. The van der Waals surface area contributed by atoms with Crippen molar-refractivity contribution < 1.29 is 0 Å². The summed E-state index contributed by atoms with van der Waals surface area (Å²) in [4.78, 5) is 1.36. The molecule has 1 N–H and O–H groups in total. The Morgan fingerprint density at radius 1 is 1.53 bits per heavy atom. The van der Waals surface area contributed by atoms with Crippen LogP contribution in [-0.2, 0) is 13.5 Å². The van der Waals surface area contributed by atoms with Crippen LogP contribution in [-0.4, -0.2) is 16.3 Å². The van der Waals surface area contributed by atoms with Crippen LogP contribution >= 0.6 is 27.3 Å². The van der Waals surface area contributed by atoms with Gasteiger partial charge in [0.15, 0.2) is 0 Å². The Morgan fingerprint density at radius 2 is 2.35 bits per heavy atom. The summed E-state index contributed by atoms with van der Waals surface area (Å²) in [6.07, 6.45) is 4.99. The van der Waals surface area contributed by atoms with E-state index in [-0.39, 0.29) is 0 Å². The normalized spacial score (nSPS) is 12.9. The first-order valence-electron chi connectivity index (χ1n) is 5.65. The van der Waals surface area contributed by atoms with Gasteiger partial charge in [-0.1, -0.05) is 6.92 Å². The highest BCUT2D eigenvalue weighted by molar-refractivity contribution is 9.11. The number of likely N-dealkylation sites (N-methyl/N-ethyl adjacent to an activating group) is 1. The average molecular weight is 314 g/mol. The predicted octanol–water partition coefficient (Wildman–Crippen LogP) is 3.14. The number of aromatic nitrogens is 2. The van der Waals surface area contributed by atoms with Crippen LogP contribution in [0.25, 0.3) is 0 Å². The molecule has 0 amide bonds. The van der Waals surface area contributed by atoms with Crippen LogP contribution in [0, 0.1) is 0 Å². The zero-order chi connectivity index (χ0) is 12.3. The van der Waals surface area contributed by atoms with Gasteiger partial charge >= 0.3 is 0 Å². The zero-order valence-electron chi connectivity index (χ0n) is 9.98. The van der Waals surface area contributed by atoms with Crippen molar-refractivity contribution in [3.05, 3.63) is 38.8 Å². The molecule has 1 atom stereocenters. The summed E-state index contributed by atoms with van der Waals surface area (Å²) in [5.41, 5.74) is 1.27. The molecule has 0 fully saturated rings. The van der Waals surface area contributed by atoms with E-state index >= 15 is 0 Å². The topological polar surface area (TPSA) is 29.9 Å². The Morgan fingerprint density at radius 3 is 2.88 bits per heavy atom. The van der Waals surface area contributed by atoms with Crippen LogP contribution in [0.3, 0.4) is 0 Å². The quantitative estimate of drug-likeness (QED) is 0.919. The summed E-state index contributed by atoms with van der Waals surface area (Å²) in [6.45, 7) is 3.11. The first-order valence-corrected chi connectivity index (χ1v) is 7.26. The van der Waals surface area contributed by atoms with Gasteiger partial charge in [0.05, 0.1) is 9.98 Å². The molecule has 0 aliphatic rings. The molecule has 3 nitrogen and oxygen atoms in total. The molecule has 2 aromatic rings. The highest BCUT2D eigenvalue weighted by atomic mass is 79.9. The van der Waals surface area contributed by atoms with E-state index in [1.54, 1.807) is 11.3 Å². The van der Waals surface area contributed by atoms with Crippen molar-refractivity contribution >= 4 is 27.3 Å². The van der Waals surface area contributed by atoms with Gasteiger partial charge in [-0.3, -0.25) is 4.68 Å². The molecule has 17 heavy (non-hydrogen) atoms. The van der Waals surface area contributed by atoms with Crippen molar-refractivity contribution in [1.82, 2.24) is 15.1 Å². The Hall–Kier alpha value is -0.650. The summed E-state index contributed by atoms with van der Waals surface area (Å²) >= 11 is 5.30. The van der Waals surface area contributed by atoms with Gasteiger partial charge in [-0.25, -0.2) is 0 Å². The molecule has 0 aliphatic carbocycles. The molecule has 0 aliphatic heterocycles. The van der Waals surface area contributed by atoms with E-state index in [0.717, 1.165) is 13.0 Å². The second-order valence-electron chi connectivity index (χ2n) is 3.98. The van der Waals surface area contributed by atoms with Crippen LogP contribution in [0.2, 0.25) is 0 Å². The van der Waals surface area contributed by atoms with E-state index in [2.05, 4.69) is 51.6 Å².